The monoisotopic (exact) mass is 631 g/mol. The molecule has 2 fully saturated rings. The second-order valence-electron chi connectivity index (χ2n) is 15.1. The van der Waals surface area contributed by atoms with Gasteiger partial charge in [0.15, 0.2) is 0 Å². The Morgan fingerprint density at radius 3 is 1.82 bits per heavy atom. The highest BCUT2D eigenvalue weighted by molar-refractivity contribution is 5.84. The molecule has 0 aromatic carbocycles. The van der Waals surface area contributed by atoms with Crippen molar-refractivity contribution in [3.8, 4) is 0 Å². The molecule has 13 heteroatoms. The van der Waals surface area contributed by atoms with Crippen molar-refractivity contribution in [3.05, 3.63) is 11.4 Å². The first-order chi connectivity index (χ1) is 21.1. The lowest BCUT2D eigenvalue weighted by atomic mass is 9.87. The van der Waals surface area contributed by atoms with Gasteiger partial charge in [-0.1, -0.05) is 39.8 Å². The molecule has 3 atom stereocenters. The molecule has 1 aliphatic heterocycles. The molecule has 1 amide bonds. The molecule has 3 aliphatic rings. The van der Waals surface area contributed by atoms with Crippen LogP contribution in [0.5, 0.6) is 0 Å². The number of nitrogens with zero attached hydrogens (tertiary/aromatic N) is 6. The molecular weight excluding hydrogens is 578 g/mol. The molecule has 1 saturated heterocycles. The zero-order valence-corrected chi connectivity index (χ0v) is 27.8. The number of hydrogen-bond acceptors (Lipinski definition) is 9. The predicted octanol–water partition coefficient (Wildman–Crippen LogP) is 1.26. The SMILES string of the molecule is CC(C)(CNC(=O)CN1CCN(CC(=O)O)CCN(CC(=O)O)CC1)Cn1nnc2c1CCC1C(CC2)[C@@H]1CC(=O)C(C)(C)C. The molecule has 0 spiro atoms. The van der Waals surface area contributed by atoms with Gasteiger partial charge in [-0.25, -0.2) is 4.68 Å². The van der Waals surface area contributed by atoms with Crippen LogP contribution in [0.1, 0.15) is 65.3 Å². The number of nitrogens with one attached hydrogen (secondary N) is 1. The highest BCUT2D eigenvalue weighted by atomic mass is 16.4. The number of carbonyl (C=O) groups is 4. The third kappa shape index (κ3) is 10.3. The van der Waals surface area contributed by atoms with E-state index in [4.69, 9.17) is 0 Å². The molecule has 1 aromatic heterocycles. The van der Waals surface area contributed by atoms with Crippen LogP contribution in [-0.4, -0.2) is 129 Å². The minimum atomic E-state index is -0.932. The number of carboxylic acids is 2. The number of ketones is 1. The average molecular weight is 632 g/mol. The second kappa shape index (κ2) is 14.7. The van der Waals surface area contributed by atoms with Crippen molar-refractivity contribution in [2.75, 3.05) is 65.4 Å². The van der Waals surface area contributed by atoms with Crippen LogP contribution in [0.4, 0.5) is 0 Å². The van der Waals surface area contributed by atoms with Crippen molar-refractivity contribution < 1.29 is 29.4 Å². The topological polar surface area (TPSA) is 161 Å². The van der Waals surface area contributed by atoms with Gasteiger partial charge in [0.05, 0.1) is 31.0 Å². The first-order valence-electron chi connectivity index (χ1n) is 16.4. The Morgan fingerprint density at radius 2 is 1.31 bits per heavy atom. The summed E-state index contributed by atoms with van der Waals surface area (Å²) in [5.74, 6) is 0.0678. The maximum Gasteiger partial charge on any atom is 0.317 e. The summed E-state index contributed by atoms with van der Waals surface area (Å²) in [6.07, 6.45) is 4.57. The normalized spacial score (nSPS) is 23.8. The van der Waals surface area contributed by atoms with E-state index in [1.54, 1.807) is 9.80 Å². The van der Waals surface area contributed by atoms with Crippen molar-refractivity contribution in [1.29, 1.82) is 0 Å². The summed E-state index contributed by atoms with van der Waals surface area (Å²) >= 11 is 0. The molecule has 1 saturated carbocycles. The third-order valence-corrected chi connectivity index (χ3v) is 9.74. The summed E-state index contributed by atoms with van der Waals surface area (Å²) in [5.41, 5.74) is 1.66. The van der Waals surface area contributed by atoms with Gasteiger partial charge in [-0.05, 0) is 43.4 Å². The van der Waals surface area contributed by atoms with Gasteiger partial charge in [-0.2, -0.15) is 0 Å². The van der Waals surface area contributed by atoms with Crippen molar-refractivity contribution in [3.63, 3.8) is 0 Å². The van der Waals surface area contributed by atoms with Gasteiger partial charge in [0.25, 0.3) is 0 Å². The molecule has 2 heterocycles. The summed E-state index contributed by atoms with van der Waals surface area (Å²) in [4.78, 5) is 53.9. The lowest BCUT2D eigenvalue weighted by molar-refractivity contribution is -0.140. The Labute approximate surface area is 266 Å². The molecule has 1 aromatic rings. The Bertz CT molecular complexity index is 1200. The zero-order chi connectivity index (χ0) is 32.9. The van der Waals surface area contributed by atoms with Gasteiger partial charge in [0.2, 0.25) is 5.91 Å². The Kier molecular flexibility index (Phi) is 11.4. The summed E-state index contributed by atoms with van der Waals surface area (Å²) < 4.78 is 2.01. The van der Waals surface area contributed by atoms with Crippen LogP contribution >= 0.6 is 0 Å². The molecule has 4 rings (SSSR count). The highest BCUT2D eigenvalue weighted by Crippen LogP contribution is 2.55. The van der Waals surface area contributed by atoms with E-state index in [0.29, 0.717) is 82.3 Å². The minimum Gasteiger partial charge on any atom is -0.480 e. The quantitative estimate of drug-likeness (QED) is 0.305. The largest absolute Gasteiger partial charge is 0.480 e. The fourth-order valence-corrected chi connectivity index (χ4v) is 6.87. The van der Waals surface area contributed by atoms with Crippen LogP contribution in [-0.2, 0) is 38.6 Å². The molecule has 13 nitrogen and oxygen atoms in total. The van der Waals surface area contributed by atoms with E-state index >= 15 is 0 Å². The molecule has 2 aliphatic carbocycles. The van der Waals surface area contributed by atoms with E-state index in [0.717, 1.165) is 31.4 Å². The van der Waals surface area contributed by atoms with E-state index in [1.807, 2.05) is 30.4 Å². The van der Waals surface area contributed by atoms with E-state index in [9.17, 15) is 29.4 Å². The predicted molar refractivity (Wildman–Crippen MR) is 168 cm³/mol. The van der Waals surface area contributed by atoms with Crippen molar-refractivity contribution in [1.82, 2.24) is 35.0 Å². The van der Waals surface area contributed by atoms with E-state index in [2.05, 4.69) is 29.5 Å². The first kappa shape index (κ1) is 35.0. The number of rotatable bonds is 12. The first-order valence-corrected chi connectivity index (χ1v) is 16.4. The molecular formula is C32H53N7O6. The number of fused-ring (bicyclic) bond motifs is 2. The number of aliphatic carboxylic acids is 2. The number of hydrogen-bond donors (Lipinski definition) is 3. The smallest absolute Gasteiger partial charge is 0.317 e. The Balaban J connectivity index is 1.28. The highest BCUT2D eigenvalue weighted by Gasteiger charge is 2.51. The van der Waals surface area contributed by atoms with Crippen molar-refractivity contribution in [2.45, 2.75) is 73.3 Å². The zero-order valence-electron chi connectivity index (χ0n) is 27.8. The van der Waals surface area contributed by atoms with Gasteiger partial charge in [0, 0.05) is 69.6 Å². The van der Waals surface area contributed by atoms with Gasteiger partial charge in [-0.3, -0.25) is 33.9 Å². The number of Topliss-reactive ketones (excluding diaryl/α,β-unsaturated/α-hetero) is 1. The van der Waals surface area contributed by atoms with Gasteiger partial charge >= 0.3 is 11.9 Å². The molecule has 45 heavy (non-hydrogen) atoms. The van der Waals surface area contributed by atoms with Gasteiger partial charge < -0.3 is 15.5 Å². The van der Waals surface area contributed by atoms with Crippen LogP contribution in [0.15, 0.2) is 0 Å². The van der Waals surface area contributed by atoms with Crippen LogP contribution in [0.3, 0.4) is 0 Å². The van der Waals surface area contributed by atoms with Crippen LogP contribution in [0, 0.1) is 28.6 Å². The Morgan fingerprint density at radius 1 is 0.800 bits per heavy atom. The third-order valence-electron chi connectivity index (χ3n) is 9.74. The number of amides is 1. The summed E-state index contributed by atoms with van der Waals surface area (Å²) in [7, 11) is 0. The summed E-state index contributed by atoms with van der Waals surface area (Å²) in [6, 6.07) is 0. The fraction of sp³-hybridized carbons (Fsp3) is 0.812. The lowest BCUT2D eigenvalue weighted by Crippen LogP contribution is -2.45. The van der Waals surface area contributed by atoms with Crippen LogP contribution in [0.25, 0.3) is 0 Å². The van der Waals surface area contributed by atoms with Crippen molar-refractivity contribution >= 4 is 23.6 Å². The van der Waals surface area contributed by atoms with E-state index < -0.39 is 11.9 Å². The van der Waals surface area contributed by atoms with Crippen LogP contribution in [0.2, 0.25) is 0 Å². The molecule has 252 valence electrons. The van der Waals surface area contributed by atoms with Gasteiger partial charge in [-0.15, -0.1) is 5.10 Å². The number of carbonyl (C=O) groups excluding carboxylic acids is 2. The maximum absolute atomic E-state index is 13.1. The standard InChI is InChI=1S/C32H53N7O6/c1-31(2,3)27(40)16-24-22-6-8-25-26(9-7-23(22)24)39(35-34-25)21-32(4,5)20-33-28(41)17-36-10-12-37(18-29(42)43)14-15-38(13-11-36)19-30(44)45/h22-24H,6-21H2,1-5H3,(H,33,41)(H,42,43)(H,44,45)/t22?,23?,24-/m0/s1. The molecule has 0 bridgehead atoms. The molecule has 0 radical (unpaired) electrons. The van der Waals surface area contributed by atoms with Crippen LogP contribution < -0.4 is 5.32 Å². The van der Waals surface area contributed by atoms with Crippen molar-refractivity contribution in [2.24, 2.45) is 28.6 Å². The summed E-state index contributed by atoms with van der Waals surface area (Å²) in [6.45, 7) is 14.1. The Hall–Kier alpha value is -2.90. The number of carboxylic acid groups (broad SMARTS) is 2. The maximum atomic E-state index is 13.1. The average Bonchev–Trinajstić information content (AvgIpc) is 3.39. The lowest BCUT2D eigenvalue weighted by Gasteiger charge is -2.28. The number of aromatic nitrogens is 3. The van der Waals surface area contributed by atoms with E-state index in [-0.39, 0.29) is 36.4 Å². The minimum absolute atomic E-state index is 0.124. The van der Waals surface area contributed by atoms with Gasteiger partial charge in [0.1, 0.15) is 5.78 Å². The number of aryl methyl sites for hydroxylation is 1. The van der Waals surface area contributed by atoms with E-state index in [1.165, 1.54) is 5.69 Å². The molecule has 3 N–H and O–H groups in total. The second-order valence-corrected chi connectivity index (χ2v) is 15.1. The molecule has 2 unspecified atom stereocenters. The summed E-state index contributed by atoms with van der Waals surface area (Å²) in [5, 5.41) is 30.7. The fourth-order valence-electron chi connectivity index (χ4n) is 6.87.